The highest BCUT2D eigenvalue weighted by Crippen LogP contribution is 2.64. The van der Waals surface area contributed by atoms with Crippen LogP contribution in [0, 0.1) is 11.8 Å². The first-order chi connectivity index (χ1) is 15.3. The van der Waals surface area contributed by atoms with E-state index in [4.69, 9.17) is 10.8 Å². The van der Waals surface area contributed by atoms with Gasteiger partial charge >= 0.3 is 6.61 Å². The minimum absolute atomic E-state index is 0.0516. The number of piperazine rings is 1. The van der Waals surface area contributed by atoms with E-state index < -0.39 is 6.61 Å². The average Bonchev–Trinajstić information content (AvgIpc) is 3.09. The molecule has 1 saturated heterocycles. The summed E-state index contributed by atoms with van der Waals surface area (Å²) in [6.07, 6.45) is 4.09. The van der Waals surface area contributed by atoms with Gasteiger partial charge in [0.25, 0.3) is 0 Å². The van der Waals surface area contributed by atoms with Crippen molar-refractivity contribution >= 4 is 5.82 Å². The molecule has 0 aromatic carbocycles. The lowest BCUT2D eigenvalue weighted by Gasteiger charge is -2.37. The fraction of sp³-hybridized carbons (Fsp3) is 0.652. The third kappa shape index (κ3) is 3.96. The number of hydrogen-bond acceptors (Lipinski definition) is 6. The van der Waals surface area contributed by atoms with Crippen LogP contribution in [0.15, 0.2) is 18.3 Å². The van der Waals surface area contributed by atoms with E-state index in [1.165, 1.54) is 37.7 Å². The minimum Gasteiger partial charge on any atom is -0.431 e. The molecule has 0 amide bonds. The number of rotatable bonds is 6. The number of likely N-dealkylation sites (N-methyl/N-ethyl adjacent to an activating group) is 1. The molecule has 2 aromatic rings. The third-order valence-corrected chi connectivity index (χ3v) is 7.46. The topological polar surface area (TPSA) is 72.4 Å². The van der Waals surface area contributed by atoms with Gasteiger partial charge in [0.15, 0.2) is 11.6 Å². The van der Waals surface area contributed by atoms with Gasteiger partial charge in [-0.3, -0.25) is 9.58 Å². The molecule has 7 nitrogen and oxygen atoms in total. The van der Waals surface area contributed by atoms with Gasteiger partial charge in [0, 0.05) is 61.6 Å². The molecule has 2 saturated carbocycles. The molecule has 3 fully saturated rings. The second kappa shape index (κ2) is 8.26. The van der Waals surface area contributed by atoms with Gasteiger partial charge in [0.05, 0.1) is 5.69 Å². The summed E-state index contributed by atoms with van der Waals surface area (Å²) in [5.74, 6) is 1.79. The lowest BCUT2D eigenvalue weighted by atomic mass is 10.0. The van der Waals surface area contributed by atoms with Crippen LogP contribution in [0.1, 0.15) is 44.3 Å². The Morgan fingerprint density at radius 3 is 2.41 bits per heavy atom. The van der Waals surface area contributed by atoms with Crippen molar-refractivity contribution in [2.24, 2.45) is 11.8 Å². The third-order valence-electron chi connectivity index (χ3n) is 7.46. The quantitative estimate of drug-likeness (QED) is 0.733. The molecule has 5 rings (SSSR count). The Bertz CT molecular complexity index is 959. The molecule has 1 aliphatic heterocycles. The fourth-order valence-corrected chi connectivity index (χ4v) is 5.73. The molecule has 32 heavy (non-hydrogen) atoms. The van der Waals surface area contributed by atoms with E-state index in [-0.39, 0.29) is 17.6 Å². The number of anilines is 1. The van der Waals surface area contributed by atoms with E-state index in [1.807, 2.05) is 0 Å². The number of nitrogens with two attached hydrogens (primary N) is 1. The summed E-state index contributed by atoms with van der Waals surface area (Å²) in [6, 6.07) is 4.53. The first-order valence-corrected chi connectivity index (χ1v) is 11.5. The minimum atomic E-state index is -2.95. The number of pyridine rings is 1. The Morgan fingerprint density at radius 1 is 1.09 bits per heavy atom. The zero-order valence-corrected chi connectivity index (χ0v) is 18.9. The molecule has 3 heterocycles. The molecule has 1 unspecified atom stereocenters. The SMILES string of the molecule is CC(C)n1nc(-c2cnc(N)c(OC(F)F)c2)cc1[C@H]1[C@@H]2CC(N3CCN(C)CC3)C[C@@H]21. The van der Waals surface area contributed by atoms with Crippen molar-refractivity contribution in [3.05, 3.63) is 24.0 Å². The maximum Gasteiger partial charge on any atom is 0.387 e. The molecule has 2 N–H and O–H groups in total. The Labute approximate surface area is 187 Å². The lowest BCUT2D eigenvalue weighted by molar-refractivity contribution is -0.0494. The van der Waals surface area contributed by atoms with Crippen LogP contribution in [-0.2, 0) is 0 Å². The summed E-state index contributed by atoms with van der Waals surface area (Å²) in [5, 5.41) is 4.81. The Morgan fingerprint density at radius 2 is 1.78 bits per heavy atom. The van der Waals surface area contributed by atoms with Gasteiger partial charge in [0.2, 0.25) is 0 Å². The Balaban J connectivity index is 1.34. The first kappa shape index (κ1) is 21.6. The van der Waals surface area contributed by atoms with E-state index >= 15 is 0 Å². The van der Waals surface area contributed by atoms with Crippen molar-refractivity contribution in [2.45, 2.75) is 51.3 Å². The molecule has 174 valence electrons. The molecular formula is C23H32F2N6O. The van der Waals surface area contributed by atoms with Crippen LogP contribution in [0.2, 0.25) is 0 Å². The number of hydrogen-bond donors (Lipinski definition) is 1. The summed E-state index contributed by atoms with van der Waals surface area (Å²) >= 11 is 0. The largest absolute Gasteiger partial charge is 0.431 e. The number of nitrogens with zero attached hydrogens (tertiary/aromatic N) is 5. The first-order valence-electron chi connectivity index (χ1n) is 11.5. The van der Waals surface area contributed by atoms with Crippen molar-refractivity contribution in [1.82, 2.24) is 24.6 Å². The molecule has 0 bridgehead atoms. The highest BCUT2D eigenvalue weighted by atomic mass is 19.3. The fourth-order valence-electron chi connectivity index (χ4n) is 5.73. The predicted octanol–water partition coefficient (Wildman–Crippen LogP) is 3.45. The van der Waals surface area contributed by atoms with E-state index in [0.29, 0.717) is 29.4 Å². The van der Waals surface area contributed by atoms with Crippen LogP contribution < -0.4 is 10.5 Å². The molecule has 3 aliphatic rings. The van der Waals surface area contributed by atoms with Gasteiger partial charge in [-0.1, -0.05) is 0 Å². The molecule has 0 radical (unpaired) electrons. The molecule has 4 atom stereocenters. The normalized spacial score (nSPS) is 28.5. The summed E-state index contributed by atoms with van der Waals surface area (Å²) in [6.45, 7) is 5.96. The van der Waals surface area contributed by atoms with E-state index in [0.717, 1.165) is 18.8 Å². The lowest BCUT2D eigenvalue weighted by Crippen LogP contribution is -2.48. The number of halogens is 2. The van der Waals surface area contributed by atoms with Crippen molar-refractivity contribution < 1.29 is 13.5 Å². The number of ether oxygens (including phenoxy) is 1. The van der Waals surface area contributed by atoms with Gasteiger partial charge in [-0.05, 0) is 57.7 Å². The molecule has 2 aromatic heterocycles. The highest BCUT2D eigenvalue weighted by Gasteiger charge is 2.58. The predicted molar refractivity (Wildman–Crippen MR) is 119 cm³/mol. The van der Waals surface area contributed by atoms with E-state index in [9.17, 15) is 8.78 Å². The van der Waals surface area contributed by atoms with Gasteiger partial charge in [-0.25, -0.2) is 4.98 Å². The van der Waals surface area contributed by atoms with Crippen molar-refractivity contribution in [2.75, 3.05) is 39.0 Å². The highest BCUT2D eigenvalue weighted by molar-refractivity contribution is 5.64. The van der Waals surface area contributed by atoms with Crippen molar-refractivity contribution in [3.8, 4) is 17.0 Å². The standard InChI is InChI=1S/C23H32F2N6O/c1-13(2)31-19(11-18(28-31)14-8-20(32-23(24)25)22(26)27-12-14)21-16-9-15(10-17(16)21)30-6-4-29(3)5-7-30/h8,11-13,15-17,21,23H,4-7,9-10H2,1-3H3,(H2,26,27)/t15?,16-,17+,21+. The van der Waals surface area contributed by atoms with Crippen LogP contribution in [0.4, 0.5) is 14.6 Å². The zero-order valence-electron chi connectivity index (χ0n) is 18.9. The number of nitrogen functional groups attached to an aromatic ring is 1. The van der Waals surface area contributed by atoms with E-state index in [2.05, 4.69) is 51.2 Å². The van der Waals surface area contributed by atoms with E-state index in [1.54, 1.807) is 6.20 Å². The van der Waals surface area contributed by atoms with Gasteiger partial charge < -0.3 is 15.4 Å². The number of alkyl halides is 2. The second-order valence-corrected chi connectivity index (χ2v) is 9.80. The van der Waals surface area contributed by atoms with Crippen LogP contribution in [0.3, 0.4) is 0 Å². The van der Waals surface area contributed by atoms with Crippen LogP contribution in [0.5, 0.6) is 5.75 Å². The summed E-state index contributed by atoms with van der Waals surface area (Å²) in [5.41, 5.74) is 8.30. The molecule has 0 spiro atoms. The smallest absolute Gasteiger partial charge is 0.387 e. The van der Waals surface area contributed by atoms with Crippen molar-refractivity contribution in [3.63, 3.8) is 0 Å². The molecule has 2 aliphatic carbocycles. The van der Waals surface area contributed by atoms with Gasteiger partial charge in [-0.2, -0.15) is 13.9 Å². The van der Waals surface area contributed by atoms with Crippen LogP contribution >= 0.6 is 0 Å². The Hall–Kier alpha value is -2.26. The molecule has 9 heteroatoms. The monoisotopic (exact) mass is 446 g/mol. The summed E-state index contributed by atoms with van der Waals surface area (Å²) in [4.78, 5) is 9.12. The average molecular weight is 447 g/mol. The van der Waals surface area contributed by atoms with Crippen LogP contribution in [-0.4, -0.2) is 70.4 Å². The second-order valence-electron chi connectivity index (χ2n) is 9.80. The zero-order chi connectivity index (χ0) is 22.6. The van der Waals surface area contributed by atoms with Crippen LogP contribution in [0.25, 0.3) is 11.3 Å². The van der Waals surface area contributed by atoms with Crippen molar-refractivity contribution in [1.29, 1.82) is 0 Å². The maximum absolute atomic E-state index is 12.7. The molecular weight excluding hydrogens is 414 g/mol. The van der Waals surface area contributed by atoms with Gasteiger partial charge in [-0.15, -0.1) is 0 Å². The summed E-state index contributed by atoms with van der Waals surface area (Å²) in [7, 11) is 2.20. The van der Waals surface area contributed by atoms with Gasteiger partial charge in [0.1, 0.15) is 0 Å². The number of aromatic nitrogens is 3. The number of fused-ring (bicyclic) bond motifs is 1. The maximum atomic E-state index is 12.7. The Kier molecular flexibility index (Phi) is 5.57. The summed E-state index contributed by atoms with van der Waals surface area (Å²) < 4.78 is 32.0.